The average Bonchev–Trinajstić information content (AvgIpc) is 2.68. The Hall–Kier alpha value is -3.07. The van der Waals surface area contributed by atoms with E-state index in [1.165, 1.54) is 12.1 Å². The third kappa shape index (κ3) is 3.53. The Morgan fingerprint density at radius 3 is 2.93 bits per heavy atom. The number of morpholine rings is 1. The van der Waals surface area contributed by atoms with Crippen LogP contribution in [0.5, 0.6) is 0 Å². The van der Waals surface area contributed by atoms with E-state index in [0.29, 0.717) is 24.2 Å². The molecular formula is C19H19FN4O4. The number of hydrogen-bond acceptors (Lipinski definition) is 5. The van der Waals surface area contributed by atoms with Crippen molar-refractivity contribution in [3.8, 4) is 11.1 Å². The first-order valence-electron chi connectivity index (χ1n) is 8.98. The van der Waals surface area contributed by atoms with Crippen LogP contribution in [0, 0.1) is 12.7 Å². The first-order valence-corrected chi connectivity index (χ1v) is 8.98. The minimum Gasteiger partial charge on any atom is -0.366 e. The monoisotopic (exact) mass is 386 g/mol. The minimum absolute atomic E-state index is 0.0300. The van der Waals surface area contributed by atoms with Crippen molar-refractivity contribution >= 4 is 11.8 Å². The maximum absolute atomic E-state index is 14.2. The van der Waals surface area contributed by atoms with E-state index in [9.17, 15) is 18.8 Å². The predicted molar refractivity (Wildman–Crippen MR) is 97.2 cm³/mol. The standard InChI is InChI=1S/C19H19FN4O4/c1-10-4-14(18(26)23-22-10)11-5-12(7-13(20)6-11)19(27)24-3-2-16-15(8-24)21-17(25)9-28-16/h4-7,15-16H,2-3,8-9H2,1H3,(H,21,25)(H,23,26)/t15-,16+/m0/s1. The van der Waals surface area contributed by atoms with Crippen LogP contribution in [0.1, 0.15) is 22.5 Å². The van der Waals surface area contributed by atoms with Gasteiger partial charge < -0.3 is 15.0 Å². The normalized spacial score (nSPS) is 21.8. The van der Waals surface area contributed by atoms with Gasteiger partial charge in [0.05, 0.1) is 23.4 Å². The summed E-state index contributed by atoms with van der Waals surface area (Å²) in [5, 5.41) is 9.00. The van der Waals surface area contributed by atoms with Crippen LogP contribution in [0.4, 0.5) is 4.39 Å². The molecule has 0 radical (unpaired) electrons. The SMILES string of the molecule is Cc1cc(-c2cc(F)cc(C(=O)N3CC[C@H]4OCC(=O)N[C@H]4C3)c2)c(=O)[nH]n1. The predicted octanol–water partition coefficient (Wildman–Crippen LogP) is 0.614. The topological polar surface area (TPSA) is 104 Å². The molecule has 3 heterocycles. The van der Waals surface area contributed by atoms with Crippen LogP contribution in [-0.4, -0.2) is 58.8 Å². The van der Waals surface area contributed by atoms with E-state index in [1.807, 2.05) is 0 Å². The van der Waals surface area contributed by atoms with Gasteiger partial charge in [0, 0.05) is 18.7 Å². The highest BCUT2D eigenvalue weighted by atomic mass is 19.1. The molecule has 0 aliphatic carbocycles. The molecule has 2 aliphatic heterocycles. The highest BCUT2D eigenvalue weighted by Crippen LogP contribution is 2.23. The minimum atomic E-state index is -0.612. The fourth-order valence-corrected chi connectivity index (χ4v) is 3.66. The molecule has 2 amide bonds. The molecule has 0 bridgehead atoms. The molecule has 2 aliphatic rings. The van der Waals surface area contributed by atoms with Crippen LogP contribution in [0.15, 0.2) is 29.1 Å². The summed E-state index contributed by atoms with van der Waals surface area (Å²) in [5.41, 5.74) is 0.802. The van der Waals surface area contributed by atoms with Gasteiger partial charge in [-0.2, -0.15) is 5.10 Å². The van der Waals surface area contributed by atoms with Gasteiger partial charge >= 0.3 is 0 Å². The number of nitrogens with one attached hydrogen (secondary N) is 2. The second-order valence-corrected chi connectivity index (χ2v) is 7.04. The summed E-state index contributed by atoms with van der Waals surface area (Å²) in [4.78, 5) is 38.1. The lowest BCUT2D eigenvalue weighted by Gasteiger charge is -2.41. The molecule has 8 nitrogen and oxygen atoms in total. The molecular weight excluding hydrogens is 367 g/mol. The number of aryl methyl sites for hydroxylation is 1. The number of hydrogen-bond donors (Lipinski definition) is 2. The molecule has 2 aromatic rings. The molecule has 1 aromatic carbocycles. The van der Waals surface area contributed by atoms with Crippen molar-refractivity contribution < 1.29 is 18.7 Å². The van der Waals surface area contributed by atoms with Gasteiger partial charge in [-0.1, -0.05) is 0 Å². The van der Waals surface area contributed by atoms with Gasteiger partial charge in [-0.05, 0) is 43.2 Å². The fraction of sp³-hybridized carbons (Fsp3) is 0.368. The van der Waals surface area contributed by atoms with Crippen LogP contribution in [0.2, 0.25) is 0 Å². The van der Waals surface area contributed by atoms with Gasteiger partial charge in [-0.15, -0.1) is 0 Å². The molecule has 2 N–H and O–H groups in total. The maximum atomic E-state index is 14.2. The Morgan fingerprint density at radius 2 is 2.11 bits per heavy atom. The van der Waals surface area contributed by atoms with Gasteiger partial charge in [-0.3, -0.25) is 14.4 Å². The highest BCUT2D eigenvalue weighted by molar-refractivity contribution is 5.95. The van der Waals surface area contributed by atoms with Crippen LogP contribution in [0.3, 0.4) is 0 Å². The van der Waals surface area contributed by atoms with Crippen molar-refractivity contribution in [1.82, 2.24) is 20.4 Å². The Bertz CT molecular complexity index is 1010. The second kappa shape index (κ2) is 7.16. The zero-order valence-corrected chi connectivity index (χ0v) is 15.2. The molecule has 4 rings (SSSR count). The van der Waals surface area contributed by atoms with Crippen LogP contribution < -0.4 is 10.9 Å². The van der Waals surface area contributed by atoms with Crippen LogP contribution in [0.25, 0.3) is 11.1 Å². The highest BCUT2D eigenvalue weighted by Gasteiger charge is 2.36. The summed E-state index contributed by atoms with van der Waals surface area (Å²) in [7, 11) is 0. The zero-order chi connectivity index (χ0) is 19.8. The molecule has 2 fully saturated rings. The van der Waals surface area contributed by atoms with Crippen LogP contribution >= 0.6 is 0 Å². The zero-order valence-electron chi connectivity index (χ0n) is 15.2. The summed E-state index contributed by atoms with van der Waals surface area (Å²) in [6, 6.07) is 5.12. The van der Waals surface area contributed by atoms with E-state index in [0.717, 1.165) is 6.07 Å². The van der Waals surface area contributed by atoms with Crippen molar-refractivity contribution in [2.45, 2.75) is 25.5 Å². The van der Waals surface area contributed by atoms with Crippen molar-refractivity contribution in [2.75, 3.05) is 19.7 Å². The largest absolute Gasteiger partial charge is 0.366 e. The summed E-state index contributed by atoms with van der Waals surface area (Å²) in [6.07, 6.45) is 0.463. The summed E-state index contributed by atoms with van der Waals surface area (Å²) >= 11 is 0. The Balaban J connectivity index is 1.61. The number of rotatable bonds is 2. The van der Waals surface area contributed by atoms with E-state index in [1.54, 1.807) is 17.9 Å². The Labute approximate surface area is 159 Å². The molecule has 28 heavy (non-hydrogen) atoms. The molecule has 0 unspecified atom stereocenters. The lowest BCUT2D eigenvalue weighted by atomic mass is 9.98. The molecule has 9 heteroatoms. The lowest BCUT2D eigenvalue weighted by Crippen LogP contribution is -2.61. The summed E-state index contributed by atoms with van der Waals surface area (Å²) in [5.74, 6) is -1.18. The third-order valence-corrected chi connectivity index (χ3v) is 5.00. The number of aromatic nitrogens is 2. The van der Waals surface area contributed by atoms with E-state index in [2.05, 4.69) is 15.5 Å². The number of carbonyl (C=O) groups is 2. The number of likely N-dealkylation sites (tertiary alicyclic amines) is 1. The number of amides is 2. The number of H-pyrrole nitrogens is 1. The number of fused-ring (bicyclic) bond motifs is 1. The summed E-state index contributed by atoms with van der Waals surface area (Å²) < 4.78 is 19.7. The average molecular weight is 386 g/mol. The van der Waals surface area contributed by atoms with Gasteiger partial charge in [0.1, 0.15) is 12.4 Å². The van der Waals surface area contributed by atoms with Crippen molar-refractivity contribution in [2.24, 2.45) is 0 Å². The van der Waals surface area contributed by atoms with Gasteiger partial charge in [0.2, 0.25) is 5.91 Å². The molecule has 0 saturated carbocycles. The van der Waals surface area contributed by atoms with E-state index >= 15 is 0 Å². The van der Waals surface area contributed by atoms with E-state index in [4.69, 9.17) is 4.74 Å². The van der Waals surface area contributed by atoms with E-state index in [-0.39, 0.29) is 48.2 Å². The van der Waals surface area contributed by atoms with E-state index < -0.39 is 11.4 Å². The first-order chi connectivity index (χ1) is 13.4. The van der Waals surface area contributed by atoms with Gasteiger partial charge in [0.15, 0.2) is 0 Å². The smallest absolute Gasteiger partial charge is 0.272 e. The summed E-state index contributed by atoms with van der Waals surface area (Å²) in [6.45, 7) is 2.46. The fourth-order valence-electron chi connectivity index (χ4n) is 3.66. The molecule has 2 saturated heterocycles. The van der Waals surface area contributed by atoms with Crippen molar-refractivity contribution in [3.05, 3.63) is 51.7 Å². The van der Waals surface area contributed by atoms with Crippen molar-refractivity contribution in [3.63, 3.8) is 0 Å². The number of piperidine rings is 1. The number of ether oxygens (including phenoxy) is 1. The Morgan fingerprint density at radius 1 is 1.29 bits per heavy atom. The molecule has 2 atom stereocenters. The maximum Gasteiger partial charge on any atom is 0.272 e. The quantitative estimate of drug-likeness (QED) is 0.787. The molecule has 1 aromatic heterocycles. The Kier molecular flexibility index (Phi) is 4.68. The lowest BCUT2D eigenvalue weighted by molar-refractivity contribution is -0.139. The number of carbonyl (C=O) groups excluding carboxylic acids is 2. The second-order valence-electron chi connectivity index (χ2n) is 7.04. The number of benzene rings is 1. The third-order valence-electron chi connectivity index (χ3n) is 5.00. The van der Waals surface area contributed by atoms with Gasteiger partial charge in [0.25, 0.3) is 11.5 Å². The number of aromatic amines is 1. The number of nitrogens with zero attached hydrogens (tertiary/aromatic N) is 2. The molecule has 146 valence electrons. The van der Waals surface area contributed by atoms with Gasteiger partial charge in [-0.25, -0.2) is 9.49 Å². The van der Waals surface area contributed by atoms with Crippen molar-refractivity contribution in [1.29, 1.82) is 0 Å². The molecule has 0 spiro atoms. The number of halogens is 1. The first kappa shape index (κ1) is 18.3. The van der Waals surface area contributed by atoms with Crippen LogP contribution in [-0.2, 0) is 9.53 Å².